The number of fused-ring (bicyclic) bond motifs is 1. The Hall–Kier alpha value is -3.22. The highest BCUT2D eigenvalue weighted by Gasteiger charge is 2.34. The van der Waals surface area contributed by atoms with Crippen LogP contribution in [0.3, 0.4) is 0 Å². The molecule has 2 N–H and O–H groups in total. The summed E-state index contributed by atoms with van der Waals surface area (Å²) >= 11 is 0. The number of phenolic OH excluding ortho intramolecular Hbond substituents is 1. The molecule has 0 saturated carbocycles. The molecule has 5 nitrogen and oxygen atoms in total. The monoisotopic (exact) mass is 346 g/mol. The number of hydrogen-bond acceptors (Lipinski definition) is 4. The van der Waals surface area contributed by atoms with Gasteiger partial charge in [0.25, 0.3) is 0 Å². The van der Waals surface area contributed by atoms with Crippen molar-refractivity contribution >= 4 is 16.9 Å². The number of rotatable bonds is 3. The predicted molar refractivity (Wildman–Crippen MR) is 86.1 cm³/mol. The van der Waals surface area contributed by atoms with Crippen LogP contribution in [-0.4, -0.2) is 16.2 Å². The minimum absolute atomic E-state index is 0.0307. The molecular weight excluding hydrogens is 334 g/mol. The molecule has 7 heteroatoms. The third-order valence-electron chi connectivity index (χ3n) is 3.70. The van der Waals surface area contributed by atoms with E-state index in [1.165, 1.54) is 36.4 Å². The van der Waals surface area contributed by atoms with Crippen molar-refractivity contribution in [2.45, 2.75) is 12.8 Å². The second-order valence-electron chi connectivity index (χ2n) is 5.59. The maximum atomic E-state index is 14.0. The lowest BCUT2D eigenvalue weighted by atomic mass is 9.98. The third kappa shape index (κ3) is 2.96. The minimum atomic E-state index is -3.46. The van der Waals surface area contributed by atoms with E-state index in [0.717, 1.165) is 6.07 Å². The van der Waals surface area contributed by atoms with E-state index >= 15 is 0 Å². The van der Waals surface area contributed by atoms with Crippen LogP contribution in [0.2, 0.25) is 0 Å². The van der Waals surface area contributed by atoms with E-state index in [-0.39, 0.29) is 33.4 Å². The summed E-state index contributed by atoms with van der Waals surface area (Å²) in [6, 6.07) is 8.60. The molecule has 3 aromatic rings. The number of carboxylic acid groups (broad SMARTS) is 1. The van der Waals surface area contributed by atoms with E-state index in [9.17, 15) is 23.5 Å². The molecule has 0 aliphatic carbocycles. The van der Waals surface area contributed by atoms with Crippen LogP contribution in [0.15, 0.2) is 51.7 Å². The first-order valence-electron chi connectivity index (χ1n) is 7.20. The topological polar surface area (TPSA) is 87.7 Å². The van der Waals surface area contributed by atoms with E-state index in [4.69, 9.17) is 9.52 Å². The molecule has 128 valence electrons. The standard InChI is InChI=1S/C18H12F2O5/c1-18(19,20)16-14(9-2-4-10(5-3-9)17(23)24)15(22)12-7-6-11(21)8-13(12)25-16/h2-8,21H,1H3,(H,23,24). The second-order valence-corrected chi connectivity index (χ2v) is 5.59. The molecule has 1 heterocycles. The summed E-state index contributed by atoms with van der Waals surface area (Å²) in [5.74, 6) is -5.70. The van der Waals surface area contributed by atoms with E-state index < -0.39 is 23.1 Å². The van der Waals surface area contributed by atoms with Crippen molar-refractivity contribution in [3.05, 3.63) is 64.0 Å². The highest BCUT2D eigenvalue weighted by atomic mass is 19.3. The molecule has 3 rings (SSSR count). The van der Waals surface area contributed by atoms with Gasteiger partial charge in [0, 0.05) is 13.0 Å². The van der Waals surface area contributed by atoms with E-state index in [1.54, 1.807) is 0 Å². The molecule has 0 aliphatic heterocycles. The lowest BCUT2D eigenvalue weighted by Gasteiger charge is -2.15. The van der Waals surface area contributed by atoms with Crippen LogP contribution in [0.25, 0.3) is 22.1 Å². The predicted octanol–water partition coefficient (Wildman–Crippen LogP) is 3.98. The Kier molecular flexibility index (Phi) is 3.79. The first-order valence-corrected chi connectivity index (χ1v) is 7.20. The normalized spacial score (nSPS) is 11.6. The first kappa shape index (κ1) is 16.6. The van der Waals surface area contributed by atoms with Crippen molar-refractivity contribution < 1.29 is 28.2 Å². The molecule has 2 aromatic carbocycles. The molecular formula is C18H12F2O5. The number of carbonyl (C=O) groups is 1. The highest BCUT2D eigenvalue weighted by Crippen LogP contribution is 2.36. The zero-order valence-corrected chi connectivity index (χ0v) is 12.9. The van der Waals surface area contributed by atoms with Gasteiger partial charge in [-0.15, -0.1) is 0 Å². The minimum Gasteiger partial charge on any atom is -0.508 e. The quantitative estimate of drug-likeness (QED) is 0.749. The number of carboxylic acids is 1. The Morgan fingerprint density at radius 1 is 1.12 bits per heavy atom. The van der Waals surface area contributed by atoms with Gasteiger partial charge < -0.3 is 14.6 Å². The number of benzene rings is 2. The fourth-order valence-corrected chi connectivity index (χ4v) is 2.53. The van der Waals surface area contributed by atoms with Crippen molar-refractivity contribution in [2.75, 3.05) is 0 Å². The van der Waals surface area contributed by atoms with Gasteiger partial charge in [-0.1, -0.05) is 12.1 Å². The van der Waals surface area contributed by atoms with Crippen molar-refractivity contribution in [1.29, 1.82) is 0 Å². The lowest BCUT2D eigenvalue weighted by molar-refractivity contribution is -0.00417. The van der Waals surface area contributed by atoms with Gasteiger partial charge in [0.2, 0.25) is 5.43 Å². The molecule has 0 saturated heterocycles. The fraction of sp³-hybridized carbons (Fsp3) is 0.111. The zero-order chi connectivity index (χ0) is 18.4. The number of aromatic carboxylic acids is 1. The molecule has 0 unspecified atom stereocenters. The van der Waals surface area contributed by atoms with Gasteiger partial charge in [0.1, 0.15) is 11.3 Å². The van der Waals surface area contributed by atoms with Gasteiger partial charge >= 0.3 is 11.9 Å². The molecule has 0 aliphatic rings. The summed E-state index contributed by atoms with van der Waals surface area (Å²) in [6.07, 6.45) is 0. The van der Waals surface area contributed by atoms with Gasteiger partial charge in [-0.3, -0.25) is 4.79 Å². The van der Waals surface area contributed by atoms with Gasteiger partial charge in [-0.25, -0.2) is 4.79 Å². The summed E-state index contributed by atoms with van der Waals surface area (Å²) in [7, 11) is 0. The molecule has 25 heavy (non-hydrogen) atoms. The van der Waals surface area contributed by atoms with Crippen molar-refractivity contribution in [1.82, 2.24) is 0 Å². The van der Waals surface area contributed by atoms with Crippen molar-refractivity contribution in [2.24, 2.45) is 0 Å². The number of hydrogen-bond donors (Lipinski definition) is 2. The molecule has 0 atom stereocenters. The Balaban J connectivity index is 2.36. The van der Waals surface area contributed by atoms with Gasteiger partial charge in [-0.2, -0.15) is 8.78 Å². The molecule has 1 aromatic heterocycles. The van der Waals surface area contributed by atoms with Crippen LogP contribution in [0.5, 0.6) is 5.75 Å². The number of halogens is 2. The average molecular weight is 346 g/mol. The third-order valence-corrected chi connectivity index (χ3v) is 3.70. The Bertz CT molecular complexity index is 1030. The SMILES string of the molecule is CC(F)(F)c1oc2cc(O)ccc2c(=O)c1-c1ccc(C(=O)O)cc1. The Morgan fingerprint density at radius 2 is 1.76 bits per heavy atom. The molecule has 0 radical (unpaired) electrons. The van der Waals surface area contributed by atoms with Crippen LogP contribution in [0.4, 0.5) is 8.78 Å². The summed E-state index contributed by atoms with van der Waals surface area (Å²) < 4.78 is 33.3. The molecule has 0 amide bonds. The van der Waals surface area contributed by atoms with Gasteiger partial charge in [0.15, 0.2) is 5.76 Å². The first-order chi connectivity index (χ1) is 11.7. The van der Waals surface area contributed by atoms with Crippen molar-refractivity contribution in [3.63, 3.8) is 0 Å². The molecule has 0 fully saturated rings. The van der Waals surface area contributed by atoms with E-state index in [1.807, 2.05) is 0 Å². The number of phenols is 1. The van der Waals surface area contributed by atoms with Crippen LogP contribution in [0, 0.1) is 0 Å². The lowest BCUT2D eigenvalue weighted by Crippen LogP contribution is -2.17. The maximum absolute atomic E-state index is 14.0. The largest absolute Gasteiger partial charge is 0.508 e. The summed E-state index contributed by atoms with van der Waals surface area (Å²) in [6.45, 7) is 0.592. The molecule has 0 spiro atoms. The number of alkyl halides is 2. The summed E-state index contributed by atoms with van der Waals surface area (Å²) in [5, 5.41) is 18.4. The maximum Gasteiger partial charge on any atom is 0.335 e. The molecule has 0 bridgehead atoms. The van der Waals surface area contributed by atoms with Gasteiger partial charge in [-0.05, 0) is 29.8 Å². The zero-order valence-electron chi connectivity index (χ0n) is 12.9. The van der Waals surface area contributed by atoms with Crippen molar-refractivity contribution in [3.8, 4) is 16.9 Å². The highest BCUT2D eigenvalue weighted by molar-refractivity contribution is 5.89. The smallest absolute Gasteiger partial charge is 0.335 e. The Labute approximate surface area is 139 Å². The Morgan fingerprint density at radius 3 is 2.32 bits per heavy atom. The van der Waals surface area contributed by atoms with E-state index in [2.05, 4.69) is 0 Å². The second kappa shape index (κ2) is 5.70. The van der Waals surface area contributed by atoms with Crippen LogP contribution in [0.1, 0.15) is 23.0 Å². The van der Waals surface area contributed by atoms with Gasteiger partial charge in [0.05, 0.1) is 16.5 Å². The van der Waals surface area contributed by atoms with Crippen LogP contribution in [-0.2, 0) is 5.92 Å². The average Bonchev–Trinajstić information content (AvgIpc) is 2.53. The van der Waals surface area contributed by atoms with E-state index in [0.29, 0.717) is 6.92 Å². The summed E-state index contributed by atoms with van der Waals surface area (Å²) in [4.78, 5) is 23.7. The summed E-state index contributed by atoms with van der Waals surface area (Å²) in [5.41, 5.74) is -1.12. The fourth-order valence-electron chi connectivity index (χ4n) is 2.53. The van der Waals surface area contributed by atoms with Crippen LogP contribution >= 0.6 is 0 Å². The van der Waals surface area contributed by atoms with Crippen LogP contribution < -0.4 is 5.43 Å². The number of aromatic hydroxyl groups is 1.